The number of hydrogen-bond acceptors (Lipinski definition) is 5. The summed E-state index contributed by atoms with van der Waals surface area (Å²) < 4.78 is 4.92. The van der Waals surface area contributed by atoms with Gasteiger partial charge >= 0.3 is 0 Å². The largest absolute Gasteiger partial charge is 0.364 e. The fourth-order valence-electron chi connectivity index (χ4n) is 1.43. The van der Waals surface area contributed by atoms with Crippen molar-refractivity contribution in [3.63, 3.8) is 0 Å². The highest BCUT2D eigenvalue weighted by atomic mass is 79.9. The van der Waals surface area contributed by atoms with Crippen LogP contribution in [-0.2, 0) is 11.2 Å². The number of carbonyl (C=O) groups is 1. The zero-order valence-corrected chi connectivity index (χ0v) is 11.1. The molecule has 0 aliphatic carbocycles. The van der Waals surface area contributed by atoms with E-state index in [1.54, 1.807) is 6.07 Å². The fraction of sp³-hybridized carbons (Fsp3) is 0.0909. The minimum absolute atomic E-state index is 0.0606. The van der Waals surface area contributed by atoms with Gasteiger partial charge in [-0.15, -0.1) is 0 Å². The summed E-state index contributed by atoms with van der Waals surface area (Å²) in [6, 6.07) is 5.84. The van der Waals surface area contributed by atoms with E-state index in [0.717, 1.165) is 0 Å². The number of anilines is 1. The molecule has 0 fully saturated rings. The molecule has 0 unspecified atom stereocenters. The van der Waals surface area contributed by atoms with E-state index < -0.39 is 4.92 Å². The summed E-state index contributed by atoms with van der Waals surface area (Å²) in [7, 11) is 0. The molecule has 1 aromatic heterocycles. The van der Waals surface area contributed by atoms with Crippen molar-refractivity contribution in [2.24, 2.45) is 0 Å². The van der Waals surface area contributed by atoms with E-state index >= 15 is 0 Å². The summed E-state index contributed by atoms with van der Waals surface area (Å²) in [4.78, 5) is 21.8. The van der Waals surface area contributed by atoms with Crippen molar-refractivity contribution in [2.75, 3.05) is 5.32 Å². The van der Waals surface area contributed by atoms with Crippen molar-refractivity contribution in [1.29, 1.82) is 0 Å². The molecule has 0 atom stereocenters. The van der Waals surface area contributed by atoms with Crippen LogP contribution in [0.2, 0.25) is 0 Å². The minimum atomic E-state index is -0.509. The Balaban J connectivity index is 2.05. The number of benzene rings is 1. The first kappa shape index (κ1) is 13.2. The van der Waals surface area contributed by atoms with Gasteiger partial charge < -0.3 is 9.84 Å². The van der Waals surface area contributed by atoms with E-state index in [9.17, 15) is 14.9 Å². The molecule has 0 bridgehead atoms. The number of nitro groups is 1. The summed E-state index contributed by atoms with van der Waals surface area (Å²) in [5.74, 6) is -0.283. The summed E-state index contributed by atoms with van der Waals surface area (Å²) in [5, 5.41) is 16.9. The number of nitrogens with one attached hydrogen (secondary N) is 1. The molecule has 1 N–H and O–H groups in total. The van der Waals surface area contributed by atoms with Gasteiger partial charge in [0.05, 0.1) is 21.5 Å². The Morgan fingerprint density at radius 3 is 2.84 bits per heavy atom. The van der Waals surface area contributed by atoms with Crippen LogP contribution in [0.1, 0.15) is 5.69 Å². The number of nitro benzene ring substituents is 1. The van der Waals surface area contributed by atoms with E-state index in [4.69, 9.17) is 0 Å². The molecule has 0 aliphatic heterocycles. The van der Waals surface area contributed by atoms with E-state index in [1.165, 1.54) is 24.5 Å². The maximum absolute atomic E-state index is 11.7. The number of aromatic nitrogens is 1. The van der Waals surface area contributed by atoms with Crippen LogP contribution in [-0.4, -0.2) is 16.0 Å². The van der Waals surface area contributed by atoms with Crippen molar-refractivity contribution < 1.29 is 14.2 Å². The van der Waals surface area contributed by atoms with Crippen LogP contribution in [0.25, 0.3) is 0 Å². The second-order valence-corrected chi connectivity index (χ2v) is 4.49. The topological polar surface area (TPSA) is 98.3 Å². The number of rotatable bonds is 4. The normalized spacial score (nSPS) is 10.2. The average Bonchev–Trinajstić information content (AvgIpc) is 2.81. The molecule has 2 aromatic rings. The van der Waals surface area contributed by atoms with Crippen molar-refractivity contribution in [3.05, 3.63) is 50.8 Å². The zero-order chi connectivity index (χ0) is 13.8. The highest BCUT2D eigenvalue weighted by molar-refractivity contribution is 9.10. The Morgan fingerprint density at radius 1 is 1.47 bits per heavy atom. The first-order chi connectivity index (χ1) is 9.06. The predicted molar refractivity (Wildman–Crippen MR) is 69.6 cm³/mol. The number of halogens is 1. The maximum atomic E-state index is 11.7. The van der Waals surface area contributed by atoms with Crippen molar-refractivity contribution in [1.82, 2.24) is 5.16 Å². The van der Waals surface area contributed by atoms with Gasteiger partial charge in [0.2, 0.25) is 5.91 Å². The van der Waals surface area contributed by atoms with E-state index in [-0.39, 0.29) is 18.0 Å². The molecule has 2 rings (SSSR count). The van der Waals surface area contributed by atoms with Crippen LogP contribution in [0.5, 0.6) is 0 Å². The van der Waals surface area contributed by atoms with Crippen LogP contribution in [0, 0.1) is 10.1 Å². The summed E-state index contributed by atoms with van der Waals surface area (Å²) in [6.07, 6.45) is 1.45. The third-order valence-corrected chi connectivity index (χ3v) is 2.90. The Kier molecular flexibility index (Phi) is 3.91. The predicted octanol–water partition coefficient (Wildman–Crippen LogP) is 2.53. The van der Waals surface area contributed by atoms with Gasteiger partial charge in [-0.1, -0.05) is 5.16 Å². The highest BCUT2D eigenvalue weighted by Gasteiger charge is 2.13. The molecule has 98 valence electrons. The summed E-state index contributed by atoms with van der Waals surface area (Å²) in [6.45, 7) is 0. The zero-order valence-electron chi connectivity index (χ0n) is 9.50. The number of carbonyl (C=O) groups excluding carboxylic acids is 1. The second-order valence-electron chi connectivity index (χ2n) is 3.64. The molecule has 19 heavy (non-hydrogen) atoms. The quantitative estimate of drug-likeness (QED) is 0.687. The van der Waals surface area contributed by atoms with Crippen molar-refractivity contribution in [2.45, 2.75) is 6.42 Å². The van der Waals surface area contributed by atoms with Crippen molar-refractivity contribution in [3.8, 4) is 0 Å². The Bertz CT molecular complexity index is 612. The minimum Gasteiger partial charge on any atom is -0.364 e. The summed E-state index contributed by atoms with van der Waals surface area (Å²) >= 11 is 3.08. The molecule has 0 spiro atoms. The van der Waals surface area contributed by atoms with E-state index in [1.807, 2.05) is 0 Å². The highest BCUT2D eigenvalue weighted by Crippen LogP contribution is 2.27. The molecule has 1 amide bonds. The molecule has 0 aliphatic rings. The molecule has 0 saturated heterocycles. The number of nitrogens with zero attached hydrogens (tertiary/aromatic N) is 2. The smallest absolute Gasteiger partial charge is 0.283 e. The van der Waals surface area contributed by atoms with Gasteiger partial charge in [-0.05, 0) is 28.1 Å². The molecular formula is C11H8BrN3O4. The molecule has 8 heteroatoms. The van der Waals surface area contributed by atoms with Gasteiger partial charge in [-0.2, -0.15) is 0 Å². The monoisotopic (exact) mass is 325 g/mol. The third-order valence-electron chi connectivity index (χ3n) is 2.26. The van der Waals surface area contributed by atoms with Gasteiger partial charge in [0, 0.05) is 17.8 Å². The third kappa shape index (κ3) is 3.38. The standard InChI is InChI=1S/C11H8BrN3O4/c12-9-5-7(1-2-10(9)15(17)18)13-11(16)6-8-3-4-19-14-8/h1-5H,6H2,(H,13,16). The lowest BCUT2D eigenvalue weighted by Gasteiger charge is -2.04. The van der Waals surface area contributed by atoms with Crippen LogP contribution in [0.15, 0.2) is 39.5 Å². The van der Waals surface area contributed by atoms with Crippen LogP contribution < -0.4 is 5.32 Å². The molecular weight excluding hydrogens is 318 g/mol. The molecule has 0 radical (unpaired) electrons. The van der Waals surface area contributed by atoms with Gasteiger partial charge in [-0.3, -0.25) is 14.9 Å². The van der Waals surface area contributed by atoms with E-state index in [2.05, 4.69) is 30.9 Å². The average molecular weight is 326 g/mol. The molecule has 1 aromatic carbocycles. The lowest BCUT2D eigenvalue weighted by atomic mass is 10.2. The SMILES string of the molecule is O=C(Cc1ccon1)Nc1ccc([N+](=O)[O-])c(Br)c1. The lowest BCUT2D eigenvalue weighted by Crippen LogP contribution is -2.14. The number of amides is 1. The Morgan fingerprint density at radius 2 is 2.26 bits per heavy atom. The van der Waals surface area contributed by atoms with Gasteiger partial charge in [0.15, 0.2) is 0 Å². The van der Waals surface area contributed by atoms with Gasteiger partial charge in [0.1, 0.15) is 6.26 Å². The first-order valence-corrected chi connectivity index (χ1v) is 5.98. The molecule has 7 nitrogen and oxygen atoms in total. The summed E-state index contributed by atoms with van der Waals surface area (Å²) in [5.41, 5.74) is 0.916. The van der Waals surface area contributed by atoms with Gasteiger partial charge in [-0.25, -0.2) is 0 Å². The molecule has 0 saturated carbocycles. The Labute approximate surface area is 115 Å². The molecule has 1 heterocycles. The van der Waals surface area contributed by atoms with E-state index in [0.29, 0.717) is 15.9 Å². The van der Waals surface area contributed by atoms with Crippen LogP contribution >= 0.6 is 15.9 Å². The first-order valence-electron chi connectivity index (χ1n) is 5.19. The van der Waals surface area contributed by atoms with Crippen LogP contribution in [0.4, 0.5) is 11.4 Å². The van der Waals surface area contributed by atoms with Crippen molar-refractivity contribution >= 4 is 33.2 Å². The number of hydrogen-bond donors (Lipinski definition) is 1. The lowest BCUT2D eigenvalue weighted by molar-refractivity contribution is -0.385. The van der Waals surface area contributed by atoms with Crippen LogP contribution in [0.3, 0.4) is 0 Å². The van der Waals surface area contributed by atoms with Gasteiger partial charge in [0.25, 0.3) is 5.69 Å². The maximum Gasteiger partial charge on any atom is 0.283 e. The second kappa shape index (κ2) is 5.61. The fourth-order valence-corrected chi connectivity index (χ4v) is 1.95. The Hall–Kier alpha value is -2.22.